The van der Waals surface area contributed by atoms with E-state index in [0.717, 1.165) is 23.3 Å². The zero-order chi connectivity index (χ0) is 12.5. The summed E-state index contributed by atoms with van der Waals surface area (Å²) in [5.74, 6) is -0.472. The predicted molar refractivity (Wildman–Crippen MR) is 46.7 cm³/mol. The molecule has 86 valence electrons. The van der Waals surface area contributed by atoms with Gasteiger partial charge in [-0.3, -0.25) is 0 Å². The maximum Gasteiger partial charge on any atom is 0.433 e. The fraction of sp³-hybridized carbons (Fsp3) is 0.125. The standard InChI is InChI=1S/C8H3F3N6/c9-8(10,11)5-1-2-13-7(15-5)17-4-14-6(3-12)16-17/h1-2,4H. The zero-order valence-corrected chi connectivity index (χ0v) is 8.05. The molecule has 0 spiro atoms. The number of hydrogen-bond donors (Lipinski definition) is 0. The lowest BCUT2D eigenvalue weighted by molar-refractivity contribution is -0.141. The lowest BCUT2D eigenvalue weighted by Crippen LogP contribution is -2.11. The van der Waals surface area contributed by atoms with E-state index in [0.29, 0.717) is 0 Å². The molecule has 0 atom stereocenters. The monoisotopic (exact) mass is 240 g/mol. The van der Waals surface area contributed by atoms with Crippen molar-refractivity contribution in [1.29, 1.82) is 5.26 Å². The van der Waals surface area contributed by atoms with Gasteiger partial charge in [0.05, 0.1) is 0 Å². The molecule has 2 rings (SSSR count). The van der Waals surface area contributed by atoms with E-state index in [9.17, 15) is 13.2 Å². The van der Waals surface area contributed by atoms with Crippen LogP contribution in [0.25, 0.3) is 5.95 Å². The van der Waals surface area contributed by atoms with Crippen molar-refractivity contribution < 1.29 is 13.2 Å². The van der Waals surface area contributed by atoms with Gasteiger partial charge in [-0.1, -0.05) is 0 Å². The topological polar surface area (TPSA) is 80.3 Å². The summed E-state index contributed by atoms with van der Waals surface area (Å²) in [6.45, 7) is 0. The van der Waals surface area contributed by atoms with Crippen molar-refractivity contribution in [3.8, 4) is 12.0 Å². The third-order valence-electron chi connectivity index (χ3n) is 1.73. The van der Waals surface area contributed by atoms with Gasteiger partial charge < -0.3 is 0 Å². The van der Waals surface area contributed by atoms with Gasteiger partial charge in [-0.15, -0.1) is 5.10 Å². The van der Waals surface area contributed by atoms with Crippen LogP contribution >= 0.6 is 0 Å². The molecular formula is C8H3F3N6. The van der Waals surface area contributed by atoms with Gasteiger partial charge in [-0.05, 0) is 6.07 Å². The van der Waals surface area contributed by atoms with Crippen LogP contribution < -0.4 is 0 Å². The average molecular weight is 240 g/mol. The Morgan fingerprint density at radius 1 is 1.29 bits per heavy atom. The number of hydrogen-bond acceptors (Lipinski definition) is 5. The zero-order valence-electron chi connectivity index (χ0n) is 8.05. The Balaban J connectivity index is 2.44. The van der Waals surface area contributed by atoms with E-state index < -0.39 is 11.9 Å². The van der Waals surface area contributed by atoms with Gasteiger partial charge in [0.25, 0.3) is 11.8 Å². The van der Waals surface area contributed by atoms with Crippen LogP contribution in [0.1, 0.15) is 11.5 Å². The van der Waals surface area contributed by atoms with Gasteiger partial charge in [0, 0.05) is 6.20 Å². The molecule has 0 unspecified atom stereocenters. The molecule has 9 heteroatoms. The summed E-state index contributed by atoms with van der Waals surface area (Å²) in [6.07, 6.45) is -2.54. The lowest BCUT2D eigenvalue weighted by Gasteiger charge is -2.05. The van der Waals surface area contributed by atoms with Crippen molar-refractivity contribution in [2.75, 3.05) is 0 Å². The van der Waals surface area contributed by atoms with Crippen molar-refractivity contribution in [3.05, 3.63) is 30.1 Å². The van der Waals surface area contributed by atoms with Crippen molar-refractivity contribution in [2.45, 2.75) is 6.18 Å². The highest BCUT2D eigenvalue weighted by atomic mass is 19.4. The summed E-state index contributed by atoms with van der Waals surface area (Å²) in [5.41, 5.74) is -1.09. The normalized spacial score (nSPS) is 11.2. The van der Waals surface area contributed by atoms with E-state index >= 15 is 0 Å². The molecule has 0 aliphatic carbocycles. The number of alkyl halides is 3. The molecule has 0 aromatic carbocycles. The van der Waals surface area contributed by atoms with E-state index in [2.05, 4.69) is 20.1 Å². The van der Waals surface area contributed by atoms with Gasteiger partial charge in [0.2, 0.25) is 0 Å². The molecule has 0 bridgehead atoms. The highest BCUT2D eigenvalue weighted by molar-refractivity contribution is 5.16. The molecule has 0 aliphatic rings. The lowest BCUT2D eigenvalue weighted by atomic mass is 10.4. The molecule has 0 aliphatic heterocycles. The average Bonchev–Trinajstić information content (AvgIpc) is 2.76. The van der Waals surface area contributed by atoms with E-state index in [1.165, 1.54) is 0 Å². The summed E-state index contributed by atoms with van der Waals surface area (Å²) >= 11 is 0. The Bertz CT molecular complexity index is 581. The summed E-state index contributed by atoms with van der Waals surface area (Å²) < 4.78 is 38.0. The molecular weight excluding hydrogens is 237 g/mol. The van der Waals surface area contributed by atoms with Crippen LogP contribution in [0.3, 0.4) is 0 Å². The summed E-state index contributed by atoms with van der Waals surface area (Å²) in [7, 11) is 0. The summed E-state index contributed by atoms with van der Waals surface area (Å²) in [6, 6.07) is 2.38. The highest BCUT2D eigenvalue weighted by Gasteiger charge is 2.33. The third-order valence-corrected chi connectivity index (χ3v) is 1.73. The van der Waals surface area contributed by atoms with Crippen molar-refractivity contribution in [2.24, 2.45) is 0 Å². The second-order valence-corrected chi connectivity index (χ2v) is 2.86. The van der Waals surface area contributed by atoms with Gasteiger partial charge in [0.15, 0.2) is 0 Å². The van der Waals surface area contributed by atoms with Crippen LogP contribution in [0, 0.1) is 11.3 Å². The van der Waals surface area contributed by atoms with E-state index in [4.69, 9.17) is 5.26 Å². The molecule has 2 heterocycles. The number of nitrogens with zero attached hydrogens (tertiary/aromatic N) is 6. The second-order valence-electron chi connectivity index (χ2n) is 2.86. The molecule has 0 saturated heterocycles. The molecule has 0 radical (unpaired) electrons. The van der Waals surface area contributed by atoms with Gasteiger partial charge in [0.1, 0.15) is 18.1 Å². The Morgan fingerprint density at radius 2 is 2.06 bits per heavy atom. The van der Waals surface area contributed by atoms with E-state index in [1.54, 1.807) is 6.07 Å². The molecule has 0 N–H and O–H groups in total. The third kappa shape index (κ3) is 2.20. The molecule has 0 fully saturated rings. The largest absolute Gasteiger partial charge is 0.433 e. The van der Waals surface area contributed by atoms with Crippen LogP contribution in [0.15, 0.2) is 18.6 Å². The Labute approximate surface area is 92.4 Å². The number of aromatic nitrogens is 5. The predicted octanol–water partition coefficient (Wildman–Crippen LogP) is 0.948. The first-order valence-electron chi connectivity index (χ1n) is 4.23. The van der Waals surface area contributed by atoms with Crippen LogP contribution in [0.5, 0.6) is 0 Å². The number of nitriles is 1. The minimum absolute atomic E-state index is 0.175. The molecule has 6 nitrogen and oxygen atoms in total. The van der Waals surface area contributed by atoms with Crippen LogP contribution in [-0.4, -0.2) is 24.7 Å². The van der Waals surface area contributed by atoms with Crippen molar-refractivity contribution in [3.63, 3.8) is 0 Å². The van der Waals surface area contributed by atoms with E-state index in [1.807, 2.05) is 0 Å². The number of halogens is 3. The SMILES string of the molecule is N#Cc1ncn(-c2nccc(C(F)(F)F)n2)n1. The second kappa shape index (κ2) is 3.82. The smallest absolute Gasteiger partial charge is 0.220 e. The maximum atomic E-state index is 12.4. The summed E-state index contributed by atoms with van der Waals surface area (Å²) in [4.78, 5) is 10.4. The highest BCUT2D eigenvalue weighted by Crippen LogP contribution is 2.27. The minimum Gasteiger partial charge on any atom is -0.220 e. The molecule has 0 amide bonds. The maximum absolute atomic E-state index is 12.4. The Morgan fingerprint density at radius 3 is 2.65 bits per heavy atom. The van der Waals surface area contributed by atoms with Gasteiger partial charge >= 0.3 is 6.18 Å². The molecule has 2 aromatic rings. The first-order valence-corrected chi connectivity index (χ1v) is 4.23. The number of rotatable bonds is 1. The van der Waals surface area contributed by atoms with Crippen LogP contribution in [0.4, 0.5) is 13.2 Å². The Kier molecular flexibility index (Phi) is 2.47. The minimum atomic E-state index is -4.56. The van der Waals surface area contributed by atoms with Gasteiger partial charge in [-0.25, -0.2) is 15.0 Å². The van der Waals surface area contributed by atoms with Crippen LogP contribution in [0.2, 0.25) is 0 Å². The van der Waals surface area contributed by atoms with Crippen molar-refractivity contribution in [1.82, 2.24) is 24.7 Å². The van der Waals surface area contributed by atoms with E-state index in [-0.39, 0.29) is 11.8 Å². The molecule has 17 heavy (non-hydrogen) atoms. The Hall–Kier alpha value is -2.50. The first kappa shape index (κ1) is 11.0. The molecule has 0 saturated carbocycles. The molecule has 2 aromatic heterocycles. The quantitative estimate of drug-likeness (QED) is 0.741. The summed E-state index contributed by atoms with van der Waals surface area (Å²) in [5, 5.41) is 12.0. The van der Waals surface area contributed by atoms with Crippen molar-refractivity contribution >= 4 is 0 Å². The van der Waals surface area contributed by atoms with Gasteiger partial charge in [-0.2, -0.15) is 23.1 Å². The fourth-order valence-electron chi connectivity index (χ4n) is 1.03. The fourth-order valence-corrected chi connectivity index (χ4v) is 1.03. The van der Waals surface area contributed by atoms with Crippen LogP contribution in [-0.2, 0) is 6.18 Å². The first-order chi connectivity index (χ1) is 8.00.